The minimum Gasteiger partial charge on any atom is -0.0693 e. The Morgan fingerprint density at radius 2 is 0.933 bits per heavy atom. The quantitative estimate of drug-likeness (QED) is 0.606. The Labute approximate surface area is 97.9 Å². The van der Waals surface area contributed by atoms with Crippen LogP contribution in [0.1, 0.15) is 19.3 Å². The van der Waals surface area contributed by atoms with Gasteiger partial charge in [-0.15, -0.1) is 0 Å². The standard InChI is InChI=1S/C13H28Si2/c1-14(2,3)12-8-11-7-10(12)9-13(11)15(4,5)6/h10-13H,7-9H2,1-6H3. The number of hydrogen-bond donors (Lipinski definition) is 0. The van der Waals surface area contributed by atoms with Crippen molar-refractivity contribution in [3.05, 3.63) is 0 Å². The largest absolute Gasteiger partial charge is 0.0693 e. The summed E-state index contributed by atoms with van der Waals surface area (Å²) in [7, 11) is -1.70. The van der Waals surface area contributed by atoms with E-state index in [1.165, 1.54) is 0 Å². The van der Waals surface area contributed by atoms with E-state index in [1.807, 2.05) is 0 Å². The van der Waals surface area contributed by atoms with Crippen LogP contribution in [0.3, 0.4) is 0 Å². The molecule has 4 atom stereocenters. The number of hydrogen-bond acceptors (Lipinski definition) is 0. The molecule has 0 heterocycles. The van der Waals surface area contributed by atoms with Crippen LogP contribution in [0.15, 0.2) is 0 Å². The summed E-state index contributed by atoms with van der Waals surface area (Å²) in [6.07, 6.45) is 4.81. The van der Waals surface area contributed by atoms with E-state index >= 15 is 0 Å². The van der Waals surface area contributed by atoms with Gasteiger partial charge in [0.2, 0.25) is 0 Å². The van der Waals surface area contributed by atoms with Gasteiger partial charge in [0.15, 0.2) is 0 Å². The fourth-order valence-corrected chi connectivity index (χ4v) is 9.79. The second kappa shape index (κ2) is 3.46. The normalized spacial score (nSPS) is 41.2. The van der Waals surface area contributed by atoms with Gasteiger partial charge in [-0.25, -0.2) is 0 Å². The summed E-state index contributed by atoms with van der Waals surface area (Å²) in [5.74, 6) is 2.27. The van der Waals surface area contributed by atoms with E-state index in [4.69, 9.17) is 0 Å². The van der Waals surface area contributed by atoms with Gasteiger partial charge in [0.05, 0.1) is 0 Å². The van der Waals surface area contributed by atoms with Crippen molar-refractivity contribution in [2.24, 2.45) is 11.8 Å². The maximum atomic E-state index is 2.59. The van der Waals surface area contributed by atoms with Crippen molar-refractivity contribution in [1.82, 2.24) is 0 Å². The summed E-state index contributed by atoms with van der Waals surface area (Å²) >= 11 is 0. The second-order valence-corrected chi connectivity index (χ2v) is 19.1. The molecule has 2 aliphatic carbocycles. The lowest BCUT2D eigenvalue weighted by Gasteiger charge is -2.39. The first kappa shape index (κ1) is 11.9. The monoisotopic (exact) mass is 240 g/mol. The van der Waals surface area contributed by atoms with E-state index in [0.717, 1.165) is 22.9 Å². The van der Waals surface area contributed by atoms with Crippen LogP contribution in [0.4, 0.5) is 0 Å². The van der Waals surface area contributed by atoms with Crippen molar-refractivity contribution in [1.29, 1.82) is 0 Å². The molecule has 0 radical (unpaired) electrons. The molecule has 4 unspecified atom stereocenters. The fourth-order valence-electron chi connectivity index (χ4n) is 4.40. The van der Waals surface area contributed by atoms with Crippen LogP contribution in [-0.2, 0) is 0 Å². The van der Waals surface area contributed by atoms with Gasteiger partial charge in [0.1, 0.15) is 0 Å². The summed E-state index contributed by atoms with van der Waals surface area (Å²) in [5.41, 5.74) is 2.32. The second-order valence-electron chi connectivity index (χ2n) is 8.17. The van der Waals surface area contributed by atoms with Gasteiger partial charge in [0.25, 0.3) is 0 Å². The average molecular weight is 241 g/mol. The number of rotatable bonds is 2. The average Bonchev–Trinajstić information content (AvgIpc) is 2.57. The van der Waals surface area contributed by atoms with E-state index in [0.29, 0.717) is 0 Å². The van der Waals surface area contributed by atoms with Crippen LogP contribution in [-0.4, -0.2) is 16.1 Å². The molecular formula is C13H28Si2. The molecule has 2 saturated carbocycles. The summed E-state index contributed by atoms with van der Waals surface area (Å²) in [5, 5.41) is 0. The van der Waals surface area contributed by atoms with Crippen molar-refractivity contribution in [3.63, 3.8) is 0 Å². The Balaban J connectivity index is 2.07. The Morgan fingerprint density at radius 1 is 0.600 bits per heavy atom. The molecule has 2 bridgehead atoms. The molecule has 2 heteroatoms. The third-order valence-electron chi connectivity index (χ3n) is 5.08. The van der Waals surface area contributed by atoms with Crippen LogP contribution >= 0.6 is 0 Å². The van der Waals surface area contributed by atoms with Crippen LogP contribution in [0, 0.1) is 11.8 Å². The molecule has 0 spiro atoms. The molecule has 88 valence electrons. The number of fused-ring (bicyclic) bond motifs is 2. The minimum atomic E-state index is -0.851. The zero-order valence-electron chi connectivity index (χ0n) is 11.4. The molecule has 0 aromatic carbocycles. The van der Waals surface area contributed by atoms with Crippen molar-refractivity contribution in [2.45, 2.75) is 69.6 Å². The SMILES string of the molecule is C[Si](C)(C)C1CC2CC1CC2[Si](C)(C)C. The van der Waals surface area contributed by atoms with Gasteiger partial charge >= 0.3 is 0 Å². The van der Waals surface area contributed by atoms with Gasteiger partial charge in [0, 0.05) is 16.1 Å². The highest BCUT2D eigenvalue weighted by Gasteiger charge is 2.52. The molecule has 0 aromatic heterocycles. The van der Waals surface area contributed by atoms with E-state index < -0.39 is 16.1 Å². The summed E-state index contributed by atoms with van der Waals surface area (Å²) in [4.78, 5) is 0. The molecule has 2 fully saturated rings. The third-order valence-corrected chi connectivity index (χ3v) is 10.9. The lowest BCUT2D eigenvalue weighted by molar-refractivity contribution is 0.460. The zero-order valence-corrected chi connectivity index (χ0v) is 13.4. The fraction of sp³-hybridized carbons (Fsp3) is 1.00. The summed E-state index contributed by atoms with van der Waals surface area (Å²) in [6.45, 7) is 15.5. The van der Waals surface area contributed by atoms with E-state index in [2.05, 4.69) is 39.3 Å². The van der Waals surface area contributed by atoms with Gasteiger partial charge in [-0.05, 0) is 42.2 Å². The van der Waals surface area contributed by atoms with Crippen LogP contribution < -0.4 is 0 Å². The van der Waals surface area contributed by atoms with Gasteiger partial charge < -0.3 is 0 Å². The van der Waals surface area contributed by atoms with E-state index in [-0.39, 0.29) is 0 Å². The molecular weight excluding hydrogens is 212 g/mol. The zero-order chi connectivity index (χ0) is 11.4. The van der Waals surface area contributed by atoms with E-state index in [1.54, 1.807) is 19.3 Å². The molecule has 0 saturated heterocycles. The molecule has 0 nitrogen and oxygen atoms in total. The molecule has 0 amide bonds. The minimum absolute atomic E-state index is 0.851. The molecule has 0 aliphatic heterocycles. The lowest BCUT2D eigenvalue weighted by atomic mass is 9.99. The first-order chi connectivity index (χ1) is 6.69. The summed E-state index contributed by atoms with van der Waals surface area (Å²) in [6, 6.07) is 0. The van der Waals surface area contributed by atoms with Gasteiger partial charge in [-0.3, -0.25) is 0 Å². The van der Waals surface area contributed by atoms with E-state index in [9.17, 15) is 0 Å². The van der Waals surface area contributed by atoms with Crippen molar-refractivity contribution >= 4 is 16.1 Å². The Hall–Kier alpha value is 0.434. The molecule has 2 aliphatic rings. The first-order valence-electron chi connectivity index (χ1n) is 6.69. The Bertz CT molecular complexity index is 220. The van der Waals surface area contributed by atoms with Gasteiger partial charge in [-0.1, -0.05) is 39.3 Å². The molecule has 2 rings (SSSR count). The molecule has 15 heavy (non-hydrogen) atoms. The predicted octanol–water partition coefficient (Wildman–Crippen LogP) is 4.83. The van der Waals surface area contributed by atoms with Crippen LogP contribution in [0.5, 0.6) is 0 Å². The highest BCUT2D eigenvalue weighted by molar-refractivity contribution is 6.78. The highest BCUT2D eigenvalue weighted by atomic mass is 28.3. The lowest BCUT2D eigenvalue weighted by Crippen LogP contribution is -2.37. The van der Waals surface area contributed by atoms with Gasteiger partial charge in [-0.2, -0.15) is 0 Å². The maximum Gasteiger partial charge on any atom is 0.0476 e. The molecule has 0 N–H and O–H groups in total. The third kappa shape index (κ3) is 2.12. The highest BCUT2D eigenvalue weighted by Crippen LogP contribution is 2.62. The molecule has 0 aromatic rings. The van der Waals surface area contributed by atoms with Crippen molar-refractivity contribution < 1.29 is 0 Å². The smallest absolute Gasteiger partial charge is 0.0476 e. The Morgan fingerprint density at radius 3 is 1.13 bits per heavy atom. The van der Waals surface area contributed by atoms with Crippen LogP contribution in [0.25, 0.3) is 0 Å². The Kier molecular flexibility index (Phi) is 2.75. The predicted molar refractivity (Wildman–Crippen MR) is 75.0 cm³/mol. The van der Waals surface area contributed by atoms with Crippen LogP contribution in [0.2, 0.25) is 50.4 Å². The van der Waals surface area contributed by atoms with Crippen molar-refractivity contribution in [2.75, 3.05) is 0 Å². The first-order valence-corrected chi connectivity index (χ1v) is 13.8. The maximum absolute atomic E-state index is 2.59. The topological polar surface area (TPSA) is 0 Å². The van der Waals surface area contributed by atoms with Crippen molar-refractivity contribution in [3.8, 4) is 0 Å². The summed E-state index contributed by atoms with van der Waals surface area (Å²) < 4.78 is 0.